The van der Waals surface area contributed by atoms with Crippen LogP contribution in [0.5, 0.6) is 0 Å². The van der Waals surface area contributed by atoms with Gasteiger partial charge in [-0.15, -0.1) is 0 Å². The third-order valence-electron chi connectivity index (χ3n) is 3.78. The molecule has 1 saturated carbocycles. The first-order valence-corrected chi connectivity index (χ1v) is 7.98. The van der Waals surface area contributed by atoms with Gasteiger partial charge in [0.05, 0.1) is 0 Å². The third-order valence-corrected chi connectivity index (χ3v) is 3.78. The molecule has 0 saturated heterocycles. The van der Waals surface area contributed by atoms with Gasteiger partial charge in [0.1, 0.15) is 0 Å². The van der Waals surface area contributed by atoms with Crippen LogP contribution in [0.1, 0.15) is 63.6 Å². The molecule has 21 heavy (non-hydrogen) atoms. The average Bonchev–Trinajstić information content (AvgIpc) is 3.13. The summed E-state index contributed by atoms with van der Waals surface area (Å²) in [5.74, 6) is 2.72. The molecule has 2 rings (SSSR count). The molecule has 0 amide bonds. The largest absolute Gasteiger partial charge is 0.356 e. The second-order valence-electron chi connectivity index (χ2n) is 5.93. The Kier molecular flexibility index (Phi) is 6.02. The smallest absolute Gasteiger partial charge is 0.226 e. The second kappa shape index (κ2) is 8.00. The van der Waals surface area contributed by atoms with Crippen molar-refractivity contribution in [1.29, 1.82) is 0 Å². The summed E-state index contributed by atoms with van der Waals surface area (Å²) < 4.78 is 5.23. The molecule has 118 valence electrons. The van der Waals surface area contributed by atoms with Gasteiger partial charge in [-0.1, -0.05) is 31.8 Å². The molecule has 2 N–H and O–H groups in total. The van der Waals surface area contributed by atoms with Gasteiger partial charge in [0, 0.05) is 32.0 Å². The molecule has 1 aromatic heterocycles. The summed E-state index contributed by atoms with van der Waals surface area (Å²) in [6, 6.07) is 0.584. The number of rotatable bonds is 6. The first-order chi connectivity index (χ1) is 10.2. The lowest BCUT2D eigenvalue weighted by molar-refractivity contribution is 0.368. The van der Waals surface area contributed by atoms with E-state index < -0.39 is 0 Å². The number of hydrogen-bond donors (Lipinski definition) is 2. The molecule has 0 aliphatic heterocycles. The van der Waals surface area contributed by atoms with Crippen molar-refractivity contribution in [2.45, 2.75) is 64.3 Å². The van der Waals surface area contributed by atoms with E-state index in [1.165, 1.54) is 25.7 Å². The van der Waals surface area contributed by atoms with E-state index in [0.717, 1.165) is 37.1 Å². The van der Waals surface area contributed by atoms with Gasteiger partial charge >= 0.3 is 0 Å². The predicted molar refractivity (Wildman–Crippen MR) is 83.5 cm³/mol. The van der Waals surface area contributed by atoms with Crippen molar-refractivity contribution in [3.05, 3.63) is 11.7 Å². The maximum absolute atomic E-state index is 5.23. The lowest BCUT2D eigenvalue weighted by Crippen LogP contribution is -2.42. The van der Waals surface area contributed by atoms with E-state index in [4.69, 9.17) is 4.52 Å². The highest BCUT2D eigenvalue weighted by atomic mass is 16.5. The van der Waals surface area contributed by atoms with Crippen LogP contribution < -0.4 is 10.6 Å². The SMILES string of the molecule is CN=C(NCCCc1nc(C(C)C)no1)NC1CCCC1. The van der Waals surface area contributed by atoms with E-state index in [-0.39, 0.29) is 0 Å². The van der Waals surface area contributed by atoms with E-state index in [0.29, 0.717) is 12.0 Å². The fourth-order valence-electron chi connectivity index (χ4n) is 2.51. The maximum atomic E-state index is 5.23. The summed E-state index contributed by atoms with van der Waals surface area (Å²) in [6.45, 7) is 4.98. The molecule has 1 aliphatic rings. The molecule has 1 fully saturated rings. The van der Waals surface area contributed by atoms with Crippen LogP contribution in [0.15, 0.2) is 9.52 Å². The number of aromatic nitrogens is 2. The second-order valence-corrected chi connectivity index (χ2v) is 5.93. The molecule has 0 spiro atoms. The predicted octanol–water partition coefficient (Wildman–Crippen LogP) is 2.23. The Morgan fingerprint density at radius 3 is 2.76 bits per heavy atom. The van der Waals surface area contributed by atoms with E-state index in [1.54, 1.807) is 0 Å². The van der Waals surface area contributed by atoms with Crippen LogP contribution in [0.3, 0.4) is 0 Å². The van der Waals surface area contributed by atoms with E-state index >= 15 is 0 Å². The van der Waals surface area contributed by atoms with Gasteiger partial charge in [-0.25, -0.2) is 0 Å². The van der Waals surface area contributed by atoms with E-state index in [2.05, 4.69) is 39.6 Å². The molecular formula is C15H27N5O. The topological polar surface area (TPSA) is 75.3 Å². The zero-order valence-corrected chi connectivity index (χ0v) is 13.4. The van der Waals surface area contributed by atoms with Gasteiger partial charge in [-0.2, -0.15) is 4.98 Å². The van der Waals surface area contributed by atoms with Crippen molar-refractivity contribution in [3.63, 3.8) is 0 Å². The van der Waals surface area contributed by atoms with Crippen molar-refractivity contribution in [2.24, 2.45) is 4.99 Å². The number of aryl methyl sites for hydroxylation is 1. The van der Waals surface area contributed by atoms with Gasteiger partial charge in [-0.05, 0) is 19.3 Å². The molecule has 6 nitrogen and oxygen atoms in total. The van der Waals surface area contributed by atoms with Crippen LogP contribution in [0, 0.1) is 0 Å². The van der Waals surface area contributed by atoms with Crippen molar-refractivity contribution >= 4 is 5.96 Å². The monoisotopic (exact) mass is 293 g/mol. The number of hydrogen-bond acceptors (Lipinski definition) is 4. The van der Waals surface area contributed by atoms with Crippen LogP contribution in [0.4, 0.5) is 0 Å². The van der Waals surface area contributed by atoms with Crippen LogP contribution in [0.2, 0.25) is 0 Å². The van der Waals surface area contributed by atoms with Crippen LogP contribution >= 0.6 is 0 Å². The Bertz CT molecular complexity index is 449. The summed E-state index contributed by atoms with van der Waals surface area (Å²) in [5, 5.41) is 10.8. The lowest BCUT2D eigenvalue weighted by atomic mass is 10.2. The molecule has 0 bridgehead atoms. The highest BCUT2D eigenvalue weighted by Gasteiger charge is 2.15. The molecule has 1 heterocycles. The van der Waals surface area contributed by atoms with Gasteiger partial charge in [-0.3, -0.25) is 4.99 Å². The Balaban J connectivity index is 1.65. The normalized spacial score (nSPS) is 16.7. The van der Waals surface area contributed by atoms with E-state index in [1.807, 2.05) is 7.05 Å². The Hall–Kier alpha value is -1.59. The molecule has 0 radical (unpaired) electrons. The van der Waals surface area contributed by atoms with Crippen molar-refractivity contribution in [2.75, 3.05) is 13.6 Å². The van der Waals surface area contributed by atoms with Crippen LogP contribution in [-0.4, -0.2) is 35.7 Å². The van der Waals surface area contributed by atoms with E-state index in [9.17, 15) is 0 Å². The zero-order valence-electron chi connectivity index (χ0n) is 13.4. The minimum Gasteiger partial charge on any atom is -0.356 e. The highest BCUT2D eigenvalue weighted by Crippen LogP contribution is 2.17. The van der Waals surface area contributed by atoms with Crippen LogP contribution in [0.25, 0.3) is 0 Å². The fourth-order valence-corrected chi connectivity index (χ4v) is 2.51. The van der Waals surface area contributed by atoms with Crippen LogP contribution in [-0.2, 0) is 6.42 Å². The fraction of sp³-hybridized carbons (Fsp3) is 0.800. The summed E-state index contributed by atoms with van der Waals surface area (Å²) in [4.78, 5) is 8.64. The maximum Gasteiger partial charge on any atom is 0.226 e. The summed E-state index contributed by atoms with van der Waals surface area (Å²) >= 11 is 0. The van der Waals surface area contributed by atoms with Crippen molar-refractivity contribution in [3.8, 4) is 0 Å². The molecule has 6 heteroatoms. The van der Waals surface area contributed by atoms with Gasteiger partial charge in [0.2, 0.25) is 5.89 Å². The van der Waals surface area contributed by atoms with Gasteiger partial charge in [0.25, 0.3) is 0 Å². The summed E-state index contributed by atoms with van der Waals surface area (Å²) in [5.41, 5.74) is 0. The Labute approximate surface area is 126 Å². The molecule has 0 unspecified atom stereocenters. The average molecular weight is 293 g/mol. The summed E-state index contributed by atoms with van der Waals surface area (Å²) in [6.07, 6.45) is 6.90. The first kappa shape index (κ1) is 15.8. The molecule has 0 aromatic carbocycles. The summed E-state index contributed by atoms with van der Waals surface area (Å²) in [7, 11) is 1.82. The zero-order chi connectivity index (χ0) is 15.1. The number of nitrogens with one attached hydrogen (secondary N) is 2. The molecule has 0 atom stereocenters. The highest BCUT2D eigenvalue weighted by molar-refractivity contribution is 5.79. The minimum atomic E-state index is 0.315. The first-order valence-electron chi connectivity index (χ1n) is 7.98. The molecule has 1 aromatic rings. The van der Waals surface area contributed by atoms with Crippen molar-refractivity contribution in [1.82, 2.24) is 20.8 Å². The standard InChI is InChI=1S/C15H27N5O/c1-11(2)14-19-13(21-20-14)9-6-10-17-15(16-3)18-12-7-4-5-8-12/h11-12H,4-10H2,1-3H3,(H2,16,17,18). The Morgan fingerprint density at radius 2 is 2.14 bits per heavy atom. The number of nitrogens with zero attached hydrogens (tertiary/aromatic N) is 3. The number of aliphatic imine (C=N–C) groups is 1. The molecular weight excluding hydrogens is 266 g/mol. The lowest BCUT2D eigenvalue weighted by Gasteiger charge is -2.16. The van der Waals surface area contributed by atoms with Gasteiger partial charge in [0.15, 0.2) is 11.8 Å². The minimum absolute atomic E-state index is 0.315. The molecule has 1 aliphatic carbocycles. The third kappa shape index (κ3) is 5.02. The number of guanidine groups is 1. The van der Waals surface area contributed by atoms with Crippen molar-refractivity contribution < 1.29 is 4.52 Å². The van der Waals surface area contributed by atoms with Gasteiger partial charge < -0.3 is 15.2 Å². The Morgan fingerprint density at radius 1 is 1.38 bits per heavy atom. The quantitative estimate of drug-likeness (QED) is 0.478.